The van der Waals surface area contributed by atoms with Gasteiger partial charge in [-0.15, -0.1) is 0 Å². The van der Waals surface area contributed by atoms with Crippen LogP contribution in [0.15, 0.2) is 30.3 Å². The fourth-order valence-electron chi connectivity index (χ4n) is 6.50. The van der Waals surface area contributed by atoms with Crippen molar-refractivity contribution >= 4 is 23.9 Å². The van der Waals surface area contributed by atoms with Gasteiger partial charge in [-0.1, -0.05) is 122 Å². The van der Waals surface area contributed by atoms with Crippen molar-refractivity contribution in [2.24, 2.45) is 0 Å². The molecule has 1 heterocycles. The van der Waals surface area contributed by atoms with Crippen LogP contribution >= 0.6 is 0 Å². The third-order valence-electron chi connectivity index (χ3n) is 10.2. The number of hydrogen-bond donors (Lipinski definition) is 4. The summed E-state index contributed by atoms with van der Waals surface area (Å²) in [6.07, 6.45) is -3.83. The van der Waals surface area contributed by atoms with Crippen LogP contribution in [0, 0.1) is 0 Å². The predicted octanol–water partition coefficient (Wildman–Crippen LogP) is 5.70. The number of benzene rings is 1. The lowest BCUT2D eigenvalue weighted by molar-refractivity contribution is -0.430. The summed E-state index contributed by atoms with van der Waals surface area (Å²) in [6, 6.07) is 9.12. The quantitative estimate of drug-likeness (QED) is 0.0214. The van der Waals surface area contributed by atoms with Crippen LogP contribution in [0.2, 0.25) is 0 Å². The molecule has 0 bridgehead atoms. The van der Waals surface area contributed by atoms with Gasteiger partial charge < -0.3 is 48.8 Å². The third kappa shape index (κ3) is 22.1. The average Bonchev–Trinajstić information content (AvgIpc) is 3.24. The van der Waals surface area contributed by atoms with E-state index in [0.717, 1.165) is 69.8 Å². The molecule has 16 nitrogen and oxygen atoms in total. The van der Waals surface area contributed by atoms with Gasteiger partial charge >= 0.3 is 23.9 Å². The second kappa shape index (κ2) is 32.5. The summed E-state index contributed by atoms with van der Waals surface area (Å²) in [7, 11) is 0. The first-order valence-electron chi connectivity index (χ1n) is 22.5. The van der Waals surface area contributed by atoms with E-state index in [-0.39, 0.29) is 38.9 Å². The molecule has 1 aromatic carbocycles. The molecule has 16 heteroatoms. The van der Waals surface area contributed by atoms with Gasteiger partial charge in [-0.3, -0.25) is 19.2 Å². The van der Waals surface area contributed by atoms with E-state index in [2.05, 4.69) is 6.92 Å². The average molecular weight is 871 g/mol. The molecule has 4 N–H and O–H groups in total. The summed E-state index contributed by atoms with van der Waals surface area (Å²) in [4.78, 5) is 63.7. The SMILES string of the molecule is CCCCCCCC(=O)O[C@@H]1[C@H](OOC[C@@H](O)[C@@H](O)[C@H](O)[C@H](O)COCc2ccccc2)O[C@H](COC(=O)CCCCC)[C@@H](OC(=O)CCCCC)[C@@H]1OC(=O)CCCCC. The molecule has 1 saturated heterocycles. The largest absolute Gasteiger partial charge is 0.463 e. The summed E-state index contributed by atoms with van der Waals surface area (Å²) in [5.74, 6) is -2.51. The molecule has 61 heavy (non-hydrogen) atoms. The van der Waals surface area contributed by atoms with E-state index in [4.69, 9.17) is 38.2 Å². The van der Waals surface area contributed by atoms with Gasteiger partial charge in [-0.25, -0.2) is 9.78 Å². The molecular weight excluding hydrogens is 796 g/mol. The maximum atomic E-state index is 13.4. The first kappa shape index (κ1) is 53.9. The molecule has 2 rings (SSSR count). The molecule has 350 valence electrons. The molecule has 0 aliphatic carbocycles. The highest BCUT2D eigenvalue weighted by Gasteiger charge is 2.54. The van der Waals surface area contributed by atoms with Crippen LogP contribution in [0.5, 0.6) is 0 Å². The third-order valence-corrected chi connectivity index (χ3v) is 10.2. The first-order valence-corrected chi connectivity index (χ1v) is 22.5. The number of aliphatic hydroxyl groups is 4. The Morgan fingerprint density at radius 1 is 0.574 bits per heavy atom. The van der Waals surface area contributed by atoms with Gasteiger partial charge in [0.2, 0.25) is 6.29 Å². The smallest absolute Gasteiger partial charge is 0.306 e. The molecule has 0 spiro atoms. The monoisotopic (exact) mass is 870 g/mol. The van der Waals surface area contributed by atoms with Crippen molar-refractivity contribution < 1.29 is 77.8 Å². The van der Waals surface area contributed by atoms with Crippen LogP contribution in [-0.4, -0.2) is 119 Å². The Kier molecular flexibility index (Phi) is 28.7. The van der Waals surface area contributed by atoms with Crippen LogP contribution in [0.1, 0.15) is 149 Å². The summed E-state index contributed by atoms with van der Waals surface area (Å²) >= 11 is 0. The molecule has 1 aliphatic heterocycles. The van der Waals surface area contributed by atoms with Gasteiger partial charge in [0.05, 0.1) is 13.2 Å². The van der Waals surface area contributed by atoms with Crippen molar-refractivity contribution in [3.63, 3.8) is 0 Å². The number of ether oxygens (including phenoxy) is 6. The number of rotatable bonds is 34. The van der Waals surface area contributed by atoms with E-state index in [0.29, 0.717) is 25.7 Å². The zero-order valence-electron chi connectivity index (χ0n) is 36.8. The molecule has 0 saturated carbocycles. The second-order valence-electron chi connectivity index (χ2n) is 15.6. The first-order chi connectivity index (χ1) is 29.4. The number of hydrogen-bond acceptors (Lipinski definition) is 16. The zero-order chi connectivity index (χ0) is 44.8. The summed E-state index contributed by atoms with van der Waals surface area (Å²) in [6.45, 7) is 6.57. The van der Waals surface area contributed by atoms with Gasteiger partial charge in [0, 0.05) is 25.7 Å². The summed E-state index contributed by atoms with van der Waals surface area (Å²) < 4.78 is 35.0. The van der Waals surface area contributed by atoms with Crippen LogP contribution < -0.4 is 0 Å². The van der Waals surface area contributed by atoms with E-state index in [9.17, 15) is 39.6 Å². The standard InChI is InChI=1S/C45H74O16/c1-5-9-13-14-21-27-39(51)60-44-43(59-38(50)26-18-12-8-4)42(58-37(49)25-17-11-7-3)35(31-55-36(48)24-16-10-6-2)57-45(44)61-56-30-34(47)41(53)40(52)33(46)29-54-28-32-22-19-15-20-23-32/h15,19-20,22-23,33-35,40-47,52-53H,5-14,16-18,21,24-31H2,1-4H3/t33-,34-,35-,40-,41-,42-,43+,44+,45+/m1/s1. The highest BCUT2D eigenvalue weighted by molar-refractivity contribution is 5.72. The van der Waals surface area contributed by atoms with Gasteiger partial charge in [0.25, 0.3) is 0 Å². The van der Waals surface area contributed by atoms with Gasteiger partial charge in [-0.2, -0.15) is 0 Å². The normalized spacial score (nSPS) is 20.9. The number of carbonyl (C=O) groups excluding carboxylic acids is 4. The minimum absolute atomic E-state index is 0.00537. The van der Waals surface area contributed by atoms with Crippen molar-refractivity contribution in [2.75, 3.05) is 19.8 Å². The summed E-state index contributed by atoms with van der Waals surface area (Å²) in [5.41, 5.74) is 0.827. The maximum absolute atomic E-state index is 13.4. The van der Waals surface area contributed by atoms with Crippen molar-refractivity contribution in [3.05, 3.63) is 35.9 Å². The Hall–Kier alpha value is -3.22. The second-order valence-corrected chi connectivity index (χ2v) is 15.6. The number of unbranched alkanes of at least 4 members (excludes halogenated alkanes) is 10. The van der Waals surface area contributed by atoms with E-state index < -0.39 is 92.2 Å². The summed E-state index contributed by atoms with van der Waals surface area (Å²) in [5, 5.41) is 42.5. The van der Waals surface area contributed by atoms with Crippen molar-refractivity contribution in [1.29, 1.82) is 0 Å². The Morgan fingerprint density at radius 2 is 1.03 bits per heavy atom. The Balaban J connectivity index is 2.36. The highest BCUT2D eigenvalue weighted by atomic mass is 17.2. The lowest BCUT2D eigenvalue weighted by Gasteiger charge is -2.43. The highest BCUT2D eigenvalue weighted by Crippen LogP contribution is 2.31. The zero-order valence-corrected chi connectivity index (χ0v) is 36.8. The van der Waals surface area contributed by atoms with Crippen molar-refractivity contribution in [2.45, 2.75) is 205 Å². The molecule has 0 aromatic heterocycles. The maximum Gasteiger partial charge on any atom is 0.306 e. The van der Waals surface area contributed by atoms with Crippen LogP contribution in [0.4, 0.5) is 0 Å². The fourth-order valence-corrected chi connectivity index (χ4v) is 6.50. The lowest BCUT2D eigenvalue weighted by Crippen LogP contribution is -2.63. The number of carbonyl (C=O) groups is 4. The van der Waals surface area contributed by atoms with E-state index in [1.165, 1.54) is 0 Å². The molecule has 0 unspecified atom stereocenters. The van der Waals surface area contributed by atoms with E-state index in [1.54, 1.807) is 0 Å². The fraction of sp³-hybridized carbons (Fsp3) is 0.778. The number of aliphatic hydroxyl groups excluding tert-OH is 4. The predicted molar refractivity (Wildman–Crippen MR) is 222 cm³/mol. The van der Waals surface area contributed by atoms with E-state index in [1.807, 2.05) is 51.1 Å². The molecule has 1 aromatic rings. The molecule has 1 fully saturated rings. The van der Waals surface area contributed by atoms with Crippen molar-refractivity contribution in [1.82, 2.24) is 0 Å². The van der Waals surface area contributed by atoms with Crippen LogP contribution in [-0.2, 0) is 64.0 Å². The van der Waals surface area contributed by atoms with E-state index >= 15 is 0 Å². The molecule has 1 aliphatic rings. The number of esters is 4. The topological polar surface area (TPSA) is 223 Å². The minimum Gasteiger partial charge on any atom is -0.463 e. The van der Waals surface area contributed by atoms with Gasteiger partial charge in [0.1, 0.15) is 43.7 Å². The Labute approximate surface area is 361 Å². The Morgan fingerprint density at radius 3 is 1.59 bits per heavy atom. The lowest BCUT2D eigenvalue weighted by atomic mass is 9.98. The molecular formula is C45H74O16. The Bertz CT molecular complexity index is 1330. The van der Waals surface area contributed by atoms with Gasteiger partial charge in [0.15, 0.2) is 18.3 Å². The van der Waals surface area contributed by atoms with Crippen LogP contribution in [0.25, 0.3) is 0 Å². The van der Waals surface area contributed by atoms with Crippen molar-refractivity contribution in [3.8, 4) is 0 Å². The minimum atomic E-state index is -1.93. The van der Waals surface area contributed by atoms with Gasteiger partial charge in [-0.05, 0) is 31.2 Å². The molecule has 0 amide bonds. The molecule has 0 radical (unpaired) electrons. The molecule has 9 atom stereocenters. The van der Waals surface area contributed by atoms with Crippen LogP contribution in [0.3, 0.4) is 0 Å².